The van der Waals surface area contributed by atoms with Crippen LogP contribution in [0.1, 0.15) is 28.8 Å². The van der Waals surface area contributed by atoms with Crippen LogP contribution in [0.25, 0.3) is 0 Å². The third kappa shape index (κ3) is 6.53. The maximum Gasteiger partial charge on any atom is 0.253 e. The molecule has 0 bridgehead atoms. The Morgan fingerprint density at radius 3 is 2.23 bits per heavy atom. The van der Waals surface area contributed by atoms with E-state index >= 15 is 0 Å². The molecule has 0 unspecified atom stereocenters. The van der Waals surface area contributed by atoms with Crippen LogP contribution in [0.15, 0.2) is 66.7 Å². The number of methoxy groups -OCH3 is 2. The molecule has 0 saturated carbocycles. The summed E-state index contributed by atoms with van der Waals surface area (Å²) in [6.45, 7) is 1.39. The van der Waals surface area contributed by atoms with Gasteiger partial charge < -0.3 is 29.5 Å². The van der Waals surface area contributed by atoms with Crippen LogP contribution in [0.2, 0.25) is 10.0 Å². The van der Waals surface area contributed by atoms with E-state index in [-0.39, 0.29) is 30.9 Å². The first-order valence-electron chi connectivity index (χ1n) is 14.1. The maximum atomic E-state index is 14.0. The number of rotatable bonds is 9. The van der Waals surface area contributed by atoms with Gasteiger partial charge in [-0.15, -0.1) is 0 Å². The van der Waals surface area contributed by atoms with Crippen LogP contribution >= 0.6 is 23.2 Å². The summed E-state index contributed by atoms with van der Waals surface area (Å²) in [4.78, 5) is 45.6. The second-order valence-electron chi connectivity index (χ2n) is 10.7. The van der Waals surface area contributed by atoms with Crippen LogP contribution in [-0.2, 0) is 16.0 Å². The zero-order valence-electron chi connectivity index (χ0n) is 24.1. The molecule has 1 N–H and O–H groups in total. The van der Waals surface area contributed by atoms with Crippen LogP contribution in [0.5, 0.6) is 11.5 Å². The Kier molecular flexibility index (Phi) is 9.32. The van der Waals surface area contributed by atoms with Crippen molar-refractivity contribution in [1.82, 2.24) is 15.1 Å². The molecule has 2 saturated heterocycles. The van der Waals surface area contributed by atoms with Gasteiger partial charge >= 0.3 is 0 Å². The normalized spacial score (nSPS) is 16.0. The van der Waals surface area contributed by atoms with Gasteiger partial charge in [0.15, 0.2) is 11.5 Å². The molecule has 2 aliphatic heterocycles. The minimum atomic E-state index is -0.857. The summed E-state index contributed by atoms with van der Waals surface area (Å²) in [5, 5.41) is 3.73. The zero-order chi connectivity index (χ0) is 30.6. The van der Waals surface area contributed by atoms with Gasteiger partial charge in [-0.05, 0) is 67.3 Å². The van der Waals surface area contributed by atoms with Gasteiger partial charge in [0, 0.05) is 40.9 Å². The Labute approximate surface area is 261 Å². The first kappa shape index (κ1) is 30.5. The van der Waals surface area contributed by atoms with E-state index in [4.69, 9.17) is 32.7 Å². The van der Waals surface area contributed by atoms with E-state index in [1.54, 1.807) is 42.2 Å². The summed E-state index contributed by atoms with van der Waals surface area (Å²) in [7, 11) is 3.17. The molecule has 226 valence electrons. The first-order valence-corrected chi connectivity index (χ1v) is 14.8. The minimum Gasteiger partial charge on any atom is -0.493 e. The molecule has 1 spiro atoms. The molecule has 2 heterocycles. The number of para-hydroxylation sites is 1. The number of carbonyl (C=O) groups excluding carboxylic acids is 3. The predicted octanol–water partition coefficient (Wildman–Crippen LogP) is 4.65. The number of nitrogens with one attached hydrogen (secondary N) is 1. The SMILES string of the molecule is COc1ccc(CCNC(=O)CN2CN(c3ccccc3)C3(CCN(C(=O)c4cc(Cl)cc(Cl)c4)CC3)C2=O)cc1OC. The first-order chi connectivity index (χ1) is 20.7. The molecule has 9 nitrogen and oxygen atoms in total. The second kappa shape index (κ2) is 13.1. The van der Waals surface area contributed by atoms with E-state index in [1.807, 2.05) is 48.5 Å². The summed E-state index contributed by atoms with van der Waals surface area (Å²) in [5.41, 5.74) is 1.45. The second-order valence-corrected chi connectivity index (χ2v) is 11.6. The highest BCUT2D eigenvalue weighted by molar-refractivity contribution is 6.35. The van der Waals surface area contributed by atoms with Crippen molar-refractivity contribution in [3.8, 4) is 11.5 Å². The van der Waals surface area contributed by atoms with Gasteiger partial charge in [-0.3, -0.25) is 14.4 Å². The van der Waals surface area contributed by atoms with Gasteiger partial charge in [-0.1, -0.05) is 47.5 Å². The number of anilines is 1. The lowest BCUT2D eigenvalue weighted by atomic mass is 9.85. The summed E-state index contributed by atoms with van der Waals surface area (Å²) in [5.74, 6) is 0.753. The number of hydrogen-bond donors (Lipinski definition) is 1. The van der Waals surface area contributed by atoms with Gasteiger partial charge in [-0.2, -0.15) is 0 Å². The van der Waals surface area contributed by atoms with Crippen LogP contribution in [0.4, 0.5) is 5.69 Å². The molecule has 3 aromatic carbocycles. The highest BCUT2D eigenvalue weighted by Crippen LogP contribution is 2.40. The standard InChI is InChI=1S/C32H34Cl2N4O5/c1-42-27-9-8-22(16-28(27)43-2)10-13-35-29(39)20-37-21-38(26-6-4-3-5-7-26)32(31(37)41)11-14-36(15-12-32)30(40)23-17-24(33)19-25(34)18-23/h3-9,16-19H,10-15,20-21H2,1-2H3,(H,35,39). The van der Waals surface area contributed by atoms with Gasteiger partial charge in [0.05, 0.1) is 20.9 Å². The number of amides is 3. The van der Waals surface area contributed by atoms with Crippen LogP contribution in [-0.4, -0.2) is 80.1 Å². The average Bonchev–Trinajstić information content (AvgIpc) is 3.27. The van der Waals surface area contributed by atoms with Gasteiger partial charge in [-0.25, -0.2) is 0 Å². The topological polar surface area (TPSA) is 91.4 Å². The van der Waals surface area contributed by atoms with E-state index < -0.39 is 5.54 Å². The van der Waals surface area contributed by atoms with Crippen molar-refractivity contribution in [2.24, 2.45) is 0 Å². The van der Waals surface area contributed by atoms with E-state index in [9.17, 15) is 14.4 Å². The summed E-state index contributed by atoms with van der Waals surface area (Å²) < 4.78 is 10.7. The quantitative estimate of drug-likeness (QED) is 0.373. The number of piperidine rings is 1. The van der Waals surface area contributed by atoms with Crippen molar-refractivity contribution < 1.29 is 23.9 Å². The number of likely N-dealkylation sites (tertiary alicyclic amines) is 1. The third-order valence-corrected chi connectivity index (χ3v) is 8.52. The van der Waals surface area contributed by atoms with Crippen molar-refractivity contribution in [1.29, 1.82) is 0 Å². The Balaban J connectivity index is 1.25. The lowest BCUT2D eigenvalue weighted by Crippen LogP contribution is -2.57. The number of benzene rings is 3. The Bertz CT molecular complexity index is 1470. The van der Waals surface area contributed by atoms with Crippen molar-refractivity contribution in [2.45, 2.75) is 24.8 Å². The molecular weight excluding hydrogens is 591 g/mol. The van der Waals surface area contributed by atoms with Crippen LogP contribution in [0, 0.1) is 0 Å². The molecule has 43 heavy (non-hydrogen) atoms. The summed E-state index contributed by atoms with van der Waals surface area (Å²) in [6, 6.07) is 20.1. The van der Waals surface area contributed by atoms with Crippen LogP contribution in [0.3, 0.4) is 0 Å². The van der Waals surface area contributed by atoms with Crippen LogP contribution < -0.4 is 19.7 Å². The molecule has 0 atom stereocenters. The van der Waals surface area contributed by atoms with Gasteiger partial charge in [0.2, 0.25) is 5.91 Å². The van der Waals surface area contributed by atoms with Crippen molar-refractivity contribution in [2.75, 3.05) is 52.0 Å². The van der Waals surface area contributed by atoms with E-state index in [0.29, 0.717) is 66.0 Å². The molecular formula is C32H34Cl2N4O5. The third-order valence-electron chi connectivity index (χ3n) is 8.09. The summed E-state index contributed by atoms with van der Waals surface area (Å²) >= 11 is 12.3. The summed E-state index contributed by atoms with van der Waals surface area (Å²) in [6.07, 6.45) is 1.46. The fraction of sp³-hybridized carbons (Fsp3) is 0.344. The van der Waals surface area contributed by atoms with E-state index in [0.717, 1.165) is 11.3 Å². The molecule has 3 amide bonds. The van der Waals surface area contributed by atoms with Gasteiger partial charge in [0.1, 0.15) is 12.1 Å². The molecule has 3 aromatic rings. The Morgan fingerprint density at radius 1 is 0.907 bits per heavy atom. The number of hydrogen-bond acceptors (Lipinski definition) is 6. The fourth-order valence-electron chi connectivity index (χ4n) is 5.87. The van der Waals surface area contributed by atoms with Crippen molar-refractivity contribution in [3.05, 3.63) is 87.9 Å². The predicted molar refractivity (Wildman–Crippen MR) is 166 cm³/mol. The number of carbonyl (C=O) groups is 3. The number of ether oxygens (including phenoxy) is 2. The lowest BCUT2D eigenvalue weighted by Gasteiger charge is -2.43. The molecule has 0 aromatic heterocycles. The molecule has 2 fully saturated rings. The maximum absolute atomic E-state index is 14.0. The molecule has 5 rings (SSSR count). The zero-order valence-corrected chi connectivity index (χ0v) is 25.7. The van der Waals surface area contributed by atoms with Gasteiger partial charge in [0.25, 0.3) is 11.8 Å². The minimum absolute atomic E-state index is 0.0560. The highest BCUT2D eigenvalue weighted by Gasteiger charge is 2.54. The van der Waals surface area contributed by atoms with Crippen molar-refractivity contribution in [3.63, 3.8) is 0 Å². The fourth-order valence-corrected chi connectivity index (χ4v) is 6.40. The molecule has 11 heteroatoms. The van der Waals surface area contributed by atoms with E-state index in [1.165, 1.54) is 0 Å². The smallest absolute Gasteiger partial charge is 0.253 e. The number of nitrogens with zero attached hydrogens (tertiary/aromatic N) is 3. The van der Waals surface area contributed by atoms with Crippen molar-refractivity contribution >= 4 is 46.6 Å². The van der Waals surface area contributed by atoms with E-state index in [2.05, 4.69) is 10.2 Å². The Hall–Kier alpha value is -3.95. The molecule has 0 radical (unpaired) electrons. The monoisotopic (exact) mass is 624 g/mol. The lowest BCUT2D eigenvalue weighted by molar-refractivity contribution is -0.137. The Morgan fingerprint density at radius 2 is 1.58 bits per heavy atom. The average molecular weight is 626 g/mol. The largest absolute Gasteiger partial charge is 0.493 e. The highest BCUT2D eigenvalue weighted by atomic mass is 35.5. The molecule has 2 aliphatic rings. The number of halogens is 2. The molecule has 0 aliphatic carbocycles.